The van der Waals surface area contributed by atoms with Gasteiger partial charge in [-0.15, -0.1) is 0 Å². The van der Waals surface area contributed by atoms with Gasteiger partial charge in [-0.05, 0) is 37.0 Å². The highest BCUT2D eigenvalue weighted by Crippen LogP contribution is 2.22. The summed E-state index contributed by atoms with van der Waals surface area (Å²) in [5.74, 6) is 0.0994. The summed E-state index contributed by atoms with van der Waals surface area (Å²) >= 11 is 0. The first-order valence-electron chi connectivity index (χ1n) is 8.70. The van der Waals surface area contributed by atoms with Crippen LogP contribution in [0.1, 0.15) is 31.2 Å². The van der Waals surface area contributed by atoms with Gasteiger partial charge in [0.05, 0.1) is 11.7 Å². The number of carbonyl (C=O) groups is 2. The predicted molar refractivity (Wildman–Crippen MR) is 96.2 cm³/mol. The number of benzene rings is 1. The van der Waals surface area contributed by atoms with Crippen LogP contribution in [0.5, 0.6) is 0 Å². The molecule has 25 heavy (non-hydrogen) atoms. The Balaban J connectivity index is 1.62. The topological polar surface area (TPSA) is 74.8 Å². The van der Waals surface area contributed by atoms with Gasteiger partial charge in [0, 0.05) is 38.0 Å². The Kier molecular flexibility index (Phi) is 5.13. The van der Waals surface area contributed by atoms with E-state index in [9.17, 15) is 18.0 Å². The van der Waals surface area contributed by atoms with Crippen LogP contribution in [0.4, 0.5) is 5.69 Å². The highest BCUT2D eigenvalue weighted by atomic mass is 32.2. The minimum absolute atomic E-state index is 0.0432. The fourth-order valence-electron chi connectivity index (χ4n) is 3.52. The first-order valence-corrected chi connectivity index (χ1v) is 10.7. The maximum atomic E-state index is 12.5. The number of likely N-dealkylation sites (tertiary alicyclic amines) is 1. The van der Waals surface area contributed by atoms with E-state index in [0.717, 1.165) is 30.6 Å². The molecule has 1 atom stereocenters. The van der Waals surface area contributed by atoms with Crippen molar-refractivity contribution in [3.8, 4) is 0 Å². The lowest BCUT2D eigenvalue weighted by Gasteiger charge is -2.32. The van der Waals surface area contributed by atoms with Gasteiger partial charge in [-0.3, -0.25) is 9.59 Å². The van der Waals surface area contributed by atoms with Crippen LogP contribution in [0.3, 0.4) is 0 Å². The van der Waals surface area contributed by atoms with Crippen molar-refractivity contribution in [3.63, 3.8) is 0 Å². The van der Waals surface area contributed by atoms with Gasteiger partial charge in [0.25, 0.3) is 0 Å². The number of piperidine rings is 1. The van der Waals surface area contributed by atoms with E-state index in [1.165, 1.54) is 6.26 Å². The second kappa shape index (κ2) is 7.15. The molecular weight excluding hydrogens is 340 g/mol. The number of amides is 2. The van der Waals surface area contributed by atoms with Crippen LogP contribution < -0.4 is 4.90 Å². The van der Waals surface area contributed by atoms with E-state index in [4.69, 9.17) is 0 Å². The van der Waals surface area contributed by atoms with Gasteiger partial charge in [0.15, 0.2) is 9.84 Å². The average Bonchev–Trinajstić information content (AvgIpc) is 3.01. The molecule has 0 radical (unpaired) electrons. The summed E-state index contributed by atoms with van der Waals surface area (Å²) in [6.45, 7) is 1.65. The first kappa shape index (κ1) is 17.9. The quantitative estimate of drug-likeness (QED) is 0.809. The van der Waals surface area contributed by atoms with Crippen LogP contribution in [0, 0.1) is 0 Å². The fraction of sp³-hybridized carbons (Fsp3) is 0.556. The molecule has 1 aromatic rings. The molecule has 136 valence electrons. The second-order valence-electron chi connectivity index (χ2n) is 6.93. The molecule has 3 rings (SSSR count). The number of rotatable bonds is 4. The molecule has 7 heteroatoms. The van der Waals surface area contributed by atoms with Crippen molar-refractivity contribution in [1.29, 1.82) is 0 Å². The minimum atomic E-state index is -3.12. The van der Waals surface area contributed by atoms with E-state index in [1.807, 2.05) is 24.3 Å². The molecule has 2 amide bonds. The van der Waals surface area contributed by atoms with Crippen LogP contribution >= 0.6 is 0 Å². The molecule has 2 saturated heterocycles. The SMILES string of the molecule is CS(=O)(=O)C1CCCN(C(=O)Cc2ccc(N3CCCC3=O)cc2)C1. The summed E-state index contributed by atoms with van der Waals surface area (Å²) < 4.78 is 23.5. The molecule has 0 aliphatic carbocycles. The van der Waals surface area contributed by atoms with Crippen LogP contribution in [-0.4, -0.2) is 56.3 Å². The summed E-state index contributed by atoms with van der Waals surface area (Å²) in [4.78, 5) is 27.7. The monoisotopic (exact) mass is 364 g/mol. The third-order valence-electron chi connectivity index (χ3n) is 5.01. The number of sulfone groups is 1. The Labute approximate surface area is 148 Å². The van der Waals surface area contributed by atoms with E-state index in [2.05, 4.69) is 0 Å². The zero-order valence-electron chi connectivity index (χ0n) is 14.5. The standard InChI is InChI=1S/C18H24N2O4S/c1-25(23,24)16-4-2-10-19(13-16)18(22)12-14-6-8-15(9-7-14)20-11-3-5-17(20)21/h6-9,16H,2-5,10-13H2,1H3. The van der Waals surface area contributed by atoms with E-state index in [-0.39, 0.29) is 24.8 Å². The molecule has 2 heterocycles. The molecule has 2 aliphatic rings. The Morgan fingerprint density at radius 1 is 1.16 bits per heavy atom. The molecule has 0 N–H and O–H groups in total. The second-order valence-corrected chi connectivity index (χ2v) is 9.25. The average molecular weight is 364 g/mol. The molecular formula is C18H24N2O4S. The third-order valence-corrected chi connectivity index (χ3v) is 6.61. The molecule has 0 bridgehead atoms. The lowest BCUT2D eigenvalue weighted by molar-refractivity contribution is -0.131. The van der Waals surface area contributed by atoms with Crippen molar-refractivity contribution in [2.45, 2.75) is 37.4 Å². The Hall–Kier alpha value is -1.89. The van der Waals surface area contributed by atoms with Crippen LogP contribution in [-0.2, 0) is 25.8 Å². The van der Waals surface area contributed by atoms with Crippen LogP contribution in [0.2, 0.25) is 0 Å². The summed E-state index contributed by atoms with van der Waals surface area (Å²) in [6, 6.07) is 7.50. The maximum absolute atomic E-state index is 12.5. The van der Waals surface area contributed by atoms with Crippen LogP contribution in [0.15, 0.2) is 24.3 Å². The van der Waals surface area contributed by atoms with Crippen molar-refractivity contribution < 1.29 is 18.0 Å². The Morgan fingerprint density at radius 2 is 1.88 bits per heavy atom. The molecule has 1 aromatic carbocycles. The van der Waals surface area contributed by atoms with Crippen molar-refractivity contribution in [2.75, 3.05) is 30.8 Å². The zero-order chi connectivity index (χ0) is 18.0. The van der Waals surface area contributed by atoms with Gasteiger partial charge in [0.1, 0.15) is 0 Å². The van der Waals surface area contributed by atoms with Crippen molar-refractivity contribution in [1.82, 2.24) is 4.90 Å². The van der Waals surface area contributed by atoms with Gasteiger partial charge >= 0.3 is 0 Å². The van der Waals surface area contributed by atoms with Crippen molar-refractivity contribution in [3.05, 3.63) is 29.8 Å². The summed E-state index contributed by atoms with van der Waals surface area (Å²) in [5, 5.41) is -0.450. The smallest absolute Gasteiger partial charge is 0.227 e. The van der Waals surface area contributed by atoms with Crippen molar-refractivity contribution in [2.24, 2.45) is 0 Å². The zero-order valence-corrected chi connectivity index (χ0v) is 15.3. The number of anilines is 1. The molecule has 0 saturated carbocycles. The van der Waals surface area contributed by atoms with Gasteiger partial charge in [0.2, 0.25) is 11.8 Å². The lowest BCUT2D eigenvalue weighted by atomic mass is 10.1. The van der Waals surface area contributed by atoms with E-state index < -0.39 is 15.1 Å². The molecule has 2 fully saturated rings. The van der Waals surface area contributed by atoms with E-state index >= 15 is 0 Å². The fourth-order valence-corrected chi connectivity index (χ4v) is 4.56. The van der Waals surface area contributed by atoms with Gasteiger partial charge < -0.3 is 9.80 Å². The van der Waals surface area contributed by atoms with Gasteiger partial charge in [-0.1, -0.05) is 12.1 Å². The van der Waals surface area contributed by atoms with Crippen molar-refractivity contribution >= 4 is 27.3 Å². The molecule has 6 nitrogen and oxygen atoms in total. The molecule has 0 aromatic heterocycles. The van der Waals surface area contributed by atoms with Gasteiger partial charge in [-0.25, -0.2) is 8.42 Å². The lowest BCUT2D eigenvalue weighted by Crippen LogP contribution is -2.45. The van der Waals surface area contributed by atoms with E-state index in [1.54, 1.807) is 9.80 Å². The normalized spacial score (nSPS) is 21.6. The summed E-state index contributed by atoms with van der Waals surface area (Å²) in [6.07, 6.45) is 4.32. The number of hydrogen-bond acceptors (Lipinski definition) is 4. The number of carbonyl (C=O) groups excluding carboxylic acids is 2. The van der Waals surface area contributed by atoms with Crippen LogP contribution in [0.25, 0.3) is 0 Å². The Bertz CT molecular complexity index is 758. The predicted octanol–water partition coefficient (Wildman–Crippen LogP) is 1.39. The number of hydrogen-bond donors (Lipinski definition) is 0. The highest BCUT2D eigenvalue weighted by Gasteiger charge is 2.29. The summed E-state index contributed by atoms with van der Waals surface area (Å²) in [5.41, 5.74) is 1.75. The third kappa shape index (κ3) is 4.21. The van der Waals surface area contributed by atoms with Gasteiger partial charge in [-0.2, -0.15) is 0 Å². The molecule has 1 unspecified atom stereocenters. The minimum Gasteiger partial charge on any atom is -0.341 e. The highest BCUT2D eigenvalue weighted by molar-refractivity contribution is 7.91. The first-order chi connectivity index (χ1) is 11.8. The Morgan fingerprint density at radius 3 is 2.48 bits per heavy atom. The maximum Gasteiger partial charge on any atom is 0.227 e. The molecule has 2 aliphatic heterocycles. The number of nitrogens with zero attached hydrogens (tertiary/aromatic N) is 2. The summed E-state index contributed by atoms with van der Waals surface area (Å²) in [7, 11) is -3.12. The largest absolute Gasteiger partial charge is 0.341 e. The molecule has 0 spiro atoms. The van der Waals surface area contributed by atoms with E-state index in [0.29, 0.717) is 19.4 Å².